The van der Waals surface area contributed by atoms with Crippen molar-refractivity contribution >= 4 is 15.9 Å². The van der Waals surface area contributed by atoms with Gasteiger partial charge in [-0.15, -0.1) is 0 Å². The van der Waals surface area contributed by atoms with Gasteiger partial charge in [0.25, 0.3) is 0 Å². The fourth-order valence-corrected chi connectivity index (χ4v) is 5.83. The van der Waals surface area contributed by atoms with Crippen molar-refractivity contribution in [1.82, 2.24) is 24.6 Å². The summed E-state index contributed by atoms with van der Waals surface area (Å²) >= 11 is 0. The molecule has 1 saturated heterocycles. The number of amides is 1. The lowest BCUT2D eigenvalue weighted by atomic mass is 10.1. The molecule has 1 amide bonds. The van der Waals surface area contributed by atoms with Crippen LogP contribution in [-0.2, 0) is 27.5 Å². The standard InChI is InChI=1S/C23H18F7N5O3S/c1-11-16(25)6-20(35(11)39(37,38)14-2-3-15(24)17(26)5-14)21(36)32-7-12-4-19(31-10-18(12)27)13-8-33-22(34-9-13)23(28,29)30/h2-5,8-11,16,20H,6-7H2,1H3,(H,32,36)/t11-,16+,20?/m0/s1. The Morgan fingerprint density at radius 1 is 1.03 bits per heavy atom. The summed E-state index contributed by atoms with van der Waals surface area (Å²) in [5.41, 5.74) is -0.175. The number of sulfonamides is 1. The first-order chi connectivity index (χ1) is 18.2. The molecule has 0 aliphatic carbocycles. The topological polar surface area (TPSA) is 105 Å². The van der Waals surface area contributed by atoms with Crippen LogP contribution in [0.2, 0.25) is 0 Å². The van der Waals surface area contributed by atoms with Crippen molar-refractivity contribution in [3.8, 4) is 11.3 Å². The summed E-state index contributed by atoms with van der Waals surface area (Å²) < 4.78 is 121. The van der Waals surface area contributed by atoms with Crippen LogP contribution in [0.4, 0.5) is 30.7 Å². The van der Waals surface area contributed by atoms with Gasteiger partial charge in [-0.1, -0.05) is 0 Å². The monoisotopic (exact) mass is 577 g/mol. The highest BCUT2D eigenvalue weighted by Gasteiger charge is 2.49. The predicted molar refractivity (Wildman–Crippen MR) is 120 cm³/mol. The summed E-state index contributed by atoms with van der Waals surface area (Å²) in [5.74, 6) is -6.04. The fourth-order valence-electron chi connectivity index (χ4n) is 4.01. The first-order valence-corrected chi connectivity index (χ1v) is 12.6. The van der Waals surface area contributed by atoms with Crippen LogP contribution in [0.1, 0.15) is 24.7 Å². The van der Waals surface area contributed by atoms with Gasteiger partial charge in [0.05, 0.1) is 22.8 Å². The van der Waals surface area contributed by atoms with Crippen LogP contribution in [0.3, 0.4) is 0 Å². The largest absolute Gasteiger partial charge is 0.451 e. The van der Waals surface area contributed by atoms with Gasteiger partial charge in [-0.25, -0.2) is 35.9 Å². The van der Waals surface area contributed by atoms with Crippen LogP contribution in [-0.4, -0.2) is 51.8 Å². The van der Waals surface area contributed by atoms with Gasteiger partial charge in [-0.2, -0.15) is 17.5 Å². The maximum absolute atomic E-state index is 14.6. The number of hydrogen-bond acceptors (Lipinski definition) is 6. The number of hydrogen-bond donors (Lipinski definition) is 1. The molecule has 1 aliphatic heterocycles. The molecule has 1 aliphatic rings. The molecule has 4 rings (SSSR count). The van der Waals surface area contributed by atoms with E-state index in [1.54, 1.807) is 0 Å². The maximum atomic E-state index is 14.6. The normalized spacial score (nSPS) is 20.3. The molecule has 0 radical (unpaired) electrons. The molecule has 0 saturated carbocycles. The van der Waals surface area contributed by atoms with Crippen molar-refractivity contribution < 1.29 is 43.9 Å². The average Bonchev–Trinajstić information content (AvgIpc) is 3.19. The molecule has 1 N–H and O–H groups in total. The second-order valence-corrected chi connectivity index (χ2v) is 10.4. The molecule has 1 aromatic carbocycles. The third kappa shape index (κ3) is 5.71. The van der Waals surface area contributed by atoms with Gasteiger partial charge in [-0.05, 0) is 31.2 Å². The number of carbonyl (C=O) groups is 1. The molecular weight excluding hydrogens is 559 g/mol. The van der Waals surface area contributed by atoms with Gasteiger partial charge in [0, 0.05) is 36.5 Å². The van der Waals surface area contributed by atoms with E-state index in [0.29, 0.717) is 16.4 Å². The Morgan fingerprint density at radius 2 is 1.69 bits per heavy atom. The van der Waals surface area contributed by atoms with Crippen molar-refractivity contribution in [3.05, 3.63) is 71.7 Å². The number of rotatable bonds is 6. The van der Waals surface area contributed by atoms with Crippen molar-refractivity contribution in [2.75, 3.05) is 0 Å². The molecule has 0 spiro atoms. The maximum Gasteiger partial charge on any atom is 0.451 e. The Bertz CT molecular complexity index is 1500. The average molecular weight is 577 g/mol. The third-order valence-electron chi connectivity index (χ3n) is 6.04. The second-order valence-electron chi connectivity index (χ2n) is 8.59. The van der Waals surface area contributed by atoms with Crippen LogP contribution in [0, 0.1) is 17.5 Å². The highest BCUT2D eigenvalue weighted by atomic mass is 32.2. The van der Waals surface area contributed by atoms with Gasteiger partial charge >= 0.3 is 6.18 Å². The molecule has 8 nitrogen and oxygen atoms in total. The zero-order valence-electron chi connectivity index (χ0n) is 19.8. The zero-order chi connectivity index (χ0) is 28.7. The number of benzene rings is 1. The van der Waals surface area contributed by atoms with E-state index in [4.69, 9.17) is 0 Å². The number of carbonyl (C=O) groups excluding carboxylic acids is 1. The highest BCUT2D eigenvalue weighted by Crippen LogP contribution is 2.34. The number of alkyl halides is 4. The van der Waals surface area contributed by atoms with E-state index in [-0.39, 0.29) is 16.8 Å². The van der Waals surface area contributed by atoms with Gasteiger partial charge in [0.1, 0.15) is 18.0 Å². The van der Waals surface area contributed by atoms with Crippen molar-refractivity contribution in [1.29, 1.82) is 0 Å². The summed E-state index contributed by atoms with van der Waals surface area (Å²) in [6, 6.07) is -0.0387. The van der Waals surface area contributed by atoms with Gasteiger partial charge in [0.15, 0.2) is 11.6 Å². The molecule has 3 heterocycles. The first-order valence-electron chi connectivity index (χ1n) is 11.1. The van der Waals surface area contributed by atoms with Crippen LogP contribution in [0.25, 0.3) is 11.3 Å². The van der Waals surface area contributed by atoms with E-state index in [9.17, 15) is 43.9 Å². The molecule has 1 unspecified atom stereocenters. The Morgan fingerprint density at radius 3 is 2.31 bits per heavy atom. The number of nitrogens with zero attached hydrogens (tertiary/aromatic N) is 4. The Hall–Kier alpha value is -3.66. The summed E-state index contributed by atoms with van der Waals surface area (Å²) in [7, 11) is -4.65. The van der Waals surface area contributed by atoms with Gasteiger partial charge in [-0.3, -0.25) is 9.78 Å². The molecular formula is C23H18F7N5O3S. The van der Waals surface area contributed by atoms with E-state index in [1.165, 1.54) is 6.92 Å². The van der Waals surface area contributed by atoms with E-state index < -0.39 is 81.5 Å². The summed E-state index contributed by atoms with van der Waals surface area (Å²) in [4.78, 5) is 22.4. The van der Waals surface area contributed by atoms with Crippen molar-refractivity contribution in [2.24, 2.45) is 0 Å². The summed E-state index contributed by atoms with van der Waals surface area (Å²) in [6.45, 7) is 0.679. The van der Waals surface area contributed by atoms with E-state index >= 15 is 0 Å². The Labute approximate surface area is 217 Å². The predicted octanol–water partition coefficient (Wildman–Crippen LogP) is 3.78. The molecule has 2 aromatic heterocycles. The minimum absolute atomic E-state index is 0.0178. The fraction of sp³-hybridized carbons (Fsp3) is 0.304. The summed E-state index contributed by atoms with van der Waals surface area (Å²) in [5, 5.41) is 2.31. The van der Waals surface area contributed by atoms with E-state index in [1.807, 2.05) is 0 Å². The smallest absolute Gasteiger partial charge is 0.351 e. The lowest BCUT2D eigenvalue weighted by molar-refractivity contribution is -0.145. The van der Waals surface area contributed by atoms with Crippen LogP contribution >= 0.6 is 0 Å². The van der Waals surface area contributed by atoms with Crippen LogP contribution in [0.5, 0.6) is 0 Å². The molecule has 39 heavy (non-hydrogen) atoms. The highest BCUT2D eigenvalue weighted by molar-refractivity contribution is 7.89. The molecule has 3 aromatic rings. The minimum atomic E-state index is -4.77. The first kappa shape index (κ1) is 28.4. The zero-order valence-corrected chi connectivity index (χ0v) is 20.6. The lowest BCUT2D eigenvalue weighted by Gasteiger charge is -2.27. The lowest BCUT2D eigenvalue weighted by Crippen LogP contribution is -2.48. The minimum Gasteiger partial charge on any atom is -0.351 e. The number of aromatic nitrogens is 3. The van der Waals surface area contributed by atoms with E-state index in [0.717, 1.165) is 30.7 Å². The molecule has 0 bridgehead atoms. The molecule has 1 fully saturated rings. The number of pyridine rings is 1. The quantitative estimate of drug-likeness (QED) is 0.448. The van der Waals surface area contributed by atoms with Crippen LogP contribution in [0.15, 0.2) is 47.8 Å². The van der Waals surface area contributed by atoms with Crippen molar-refractivity contribution in [2.45, 2.75) is 49.2 Å². The number of nitrogens with one attached hydrogen (secondary N) is 1. The van der Waals surface area contributed by atoms with Gasteiger partial charge < -0.3 is 5.32 Å². The Kier molecular flexibility index (Phi) is 7.62. The SMILES string of the molecule is C[C@H]1[C@H](F)CC(C(=O)NCc2cc(-c3cnc(C(F)(F)F)nc3)ncc2F)N1S(=O)(=O)c1ccc(F)c(F)c1. The summed E-state index contributed by atoms with van der Waals surface area (Å²) in [6.07, 6.45) is -4.68. The van der Waals surface area contributed by atoms with Gasteiger partial charge in [0.2, 0.25) is 21.8 Å². The van der Waals surface area contributed by atoms with Crippen molar-refractivity contribution in [3.63, 3.8) is 0 Å². The third-order valence-corrected chi connectivity index (χ3v) is 8.03. The molecule has 16 heteroatoms. The Balaban J connectivity index is 1.54. The molecule has 208 valence electrons. The number of halogens is 7. The molecule has 3 atom stereocenters. The van der Waals surface area contributed by atoms with E-state index in [2.05, 4.69) is 20.3 Å². The second kappa shape index (κ2) is 10.5. The van der Waals surface area contributed by atoms with Crippen LogP contribution < -0.4 is 5.32 Å².